The average molecular weight is 290 g/mol. The summed E-state index contributed by atoms with van der Waals surface area (Å²) in [6, 6.07) is 13.3. The van der Waals surface area contributed by atoms with Gasteiger partial charge in [-0.25, -0.2) is 4.39 Å². The number of fused-ring (bicyclic) bond motifs is 1. The fourth-order valence-corrected chi connectivity index (χ4v) is 3.16. The molecular weight excluding hydrogens is 273 g/mol. The van der Waals surface area contributed by atoms with Gasteiger partial charge < -0.3 is 4.90 Å². The minimum atomic E-state index is -0.234. The van der Waals surface area contributed by atoms with Crippen LogP contribution in [0.3, 0.4) is 0 Å². The molecule has 1 unspecified atom stereocenters. The normalized spacial score (nSPS) is 17.9. The zero-order valence-electron chi connectivity index (χ0n) is 11.4. The molecule has 0 aromatic heterocycles. The molecule has 104 valence electrons. The second-order valence-electron chi connectivity index (χ2n) is 5.46. The van der Waals surface area contributed by atoms with Gasteiger partial charge >= 0.3 is 0 Å². The van der Waals surface area contributed by atoms with Gasteiger partial charge in [-0.15, -0.1) is 11.6 Å². The predicted octanol–water partition coefficient (Wildman–Crippen LogP) is 4.89. The van der Waals surface area contributed by atoms with E-state index < -0.39 is 0 Å². The van der Waals surface area contributed by atoms with Crippen LogP contribution in [-0.4, -0.2) is 6.54 Å². The Morgan fingerprint density at radius 3 is 2.80 bits per heavy atom. The molecule has 0 amide bonds. The second kappa shape index (κ2) is 5.45. The molecule has 0 aliphatic carbocycles. The summed E-state index contributed by atoms with van der Waals surface area (Å²) >= 11 is 5.99. The van der Waals surface area contributed by atoms with E-state index in [2.05, 4.69) is 30.0 Å². The Morgan fingerprint density at radius 2 is 2.00 bits per heavy atom. The zero-order valence-corrected chi connectivity index (χ0v) is 12.2. The van der Waals surface area contributed by atoms with E-state index in [9.17, 15) is 4.39 Å². The van der Waals surface area contributed by atoms with Crippen molar-refractivity contribution in [3.05, 3.63) is 59.4 Å². The molecule has 1 aliphatic heterocycles. The van der Waals surface area contributed by atoms with Crippen molar-refractivity contribution in [3.8, 4) is 0 Å². The molecule has 1 aliphatic rings. The molecule has 0 fully saturated rings. The lowest BCUT2D eigenvalue weighted by molar-refractivity contribution is 0.561. The summed E-state index contributed by atoms with van der Waals surface area (Å²) in [6.45, 7) is 3.18. The first-order valence-electron chi connectivity index (χ1n) is 6.89. The smallest absolute Gasteiger partial charge is 0.123 e. The number of halogens is 2. The van der Waals surface area contributed by atoms with Gasteiger partial charge in [0.05, 0.1) is 0 Å². The highest BCUT2D eigenvalue weighted by Crippen LogP contribution is 2.37. The summed E-state index contributed by atoms with van der Waals surface area (Å²) in [5.74, 6) is 0.654. The number of hydrogen-bond acceptors (Lipinski definition) is 1. The Labute approximate surface area is 124 Å². The van der Waals surface area contributed by atoms with Crippen LogP contribution >= 0.6 is 11.6 Å². The Bertz CT molecular complexity index is 626. The molecule has 3 rings (SSSR count). The van der Waals surface area contributed by atoms with Crippen LogP contribution in [0.5, 0.6) is 0 Å². The van der Waals surface area contributed by atoms with Crippen molar-refractivity contribution in [2.75, 3.05) is 11.4 Å². The van der Waals surface area contributed by atoms with Crippen LogP contribution in [0.1, 0.15) is 18.1 Å². The molecule has 1 nitrogen and oxygen atoms in total. The summed E-state index contributed by atoms with van der Waals surface area (Å²) in [4.78, 5) is 2.26. The summed E-state index contributed by atoms with van der Waals surface area (Å²) < 4.78 is 13.4. The number of benzene rings is 2. The molecule has 0 radical (unpaired) electrons. The molecular formula is C17H17ClFN. The SMILES string of the molecule is CC1Cc2ccccc2N(c2ccc(F)cc2CCl)C1. The quantitative estimate of drug-likeness (QED) is 0.711. The minimum absolute atomic E-state index is 0.234. The Hall–Kier alpha value is -1.54. The van der Waals surface area contributed by atoms with E-state index in [1.165, 1.54) is 23.4 Å². The van der Waals surface area contributed by atoms with Crippen molar-refractivity contribution >= 4 is 23.0 Å². The van der Waals surface area contributed by atoms with Crippen molar-refractivity contribution in [3.63, 3.8) is 0 Å². The molecule has 2 aromatic rings. The third-order valence-corrected chi connectivity index (χ3v) is 4.11. The summed E-state index contributed by atoms with van der Waals surface area (Å²) in [5.41, 5.74) is 4.41. The molecule has 0 spiro atoms. The van der Waals surface area contributed by atoms with Gasteiger partial charge in [0.15, 0.2) is 0 Å². The van der Waals surface area contributed by atoms with Crippen LogP contribution in [0, 0.1) is 11.7 Å². The van der Waals surface area contributed by atoms with E-state index >= 15 is 0 Å². The minimum Gasteiger partial charge on any atom is -0.341 e. The molecule has 20 heavy (non-hydrogen) atoms. The lowest BCUT2D eigenvalue weighted by Crippen LogP contribution is -2.31. The van der Waals surface area contributed by atoms with Crippen LogP contribution < -0.4 is 4.90 Å². The highest BCUT2D eigenvalue weighted by Gasteiger charge is 2.24. The van der Waals surface area contributed by atoms with Crippen molar-refractivity contribution in [2.24, 2.45) is 5.92 Å². The number of nitrogens with zero attached hydrogens (tertiary/aromatic N) is 1. The zero-order chi connectivity index (χ0) is 14.1. The standard InChI is InChI=1S/C17H17ClFN/c1-12-8-13-4-2-3-5-16(13)20(11-12)17-7-6-15(19)9-14(17)10-18/h2-7,9,12H,8,10-11H2,1H3. The number of rotatable bonds is 2. The van der Waals surface area contributed by atoms with Gasteiger partial charge in [-0.1, -0.05) is 25.1 Å². The van der Waals surface area contributed by atoms with Crippen LogP contribution in [0.15, 0.2) is 42.5 Å². The molecule has 1 heterocycles. The topological polar surface area (TPSA) is 3.24 Å². The molecule has 0 N–H and O–H groups in total. The molecule has 0 saturated heterocycles. The number of alkyl halides is 1. The van der Waals surface area contributed by atoms with Gasteiger partial charge in [-0.2, -0.15) is 0 Å². The number of para-hydroxylation sites is 1. The van der Waals surface area contributed by atoms with Crippen molar-refractivity contribution in [1.82, 2.24) is 0 Å². The van der Waals surface area contributed by atoms with E-state index in [1.54, 1.807) is 0 Å². The van der Waals surface area contributed by atoms with E-state index in [0.717, 1.165) is 24.2 Å². The predicted molar refractivity (Wildman–Crippen MR) is 82.3 cm³/mol. The fourth-order valence-electron chi connectivity index (χ4n) is 2.95. The highest BCUT2D eigenvalue weighted by atomic mass is 35.5. The van der Waals surface area contributed by atoms with Gasteiger partial charge in [0.2, 0.25) is 0 Å². The molecule has 1 atom stereocenters. The summed E-state index contributed by atoms with van der Waals surface area (Å²) in [5, 5.41) is 0. The monoisotopic (exact) mass is 289 g/mol. The maximum absolute atomic E-state index is 13.4. The Morgan fingerprint density at radius 1 is 1.20 bits per heavy atom. The number of hydrogen-bond donors (Lipinski definition) is 0. The van der Waals surface area contributed by atoms with Gasteiger partial charge in [-0.05, 0) is 47.7 Å². The molecule has 0 saturated carbocycles. The van der Waals surface area contributed by atoms with E-state index in [4.69, 9.17) is 11.6 Å². The van der Waals surface area contributed by atoms with Gasteiger partial charge in [0.25, 0.3) is 0 Å². The highest BCUT2D eigenvalue weighted by molar-refractivity contribution is 6.17. The van der Waals surface area contributed by atoms with Crippen molar-refractivity contribution in [1.29, 1.82) is 0 Å². The van der Waals surface area contributed by atoms with E-state index in [1.807, 2.05) is 12.1 Å². The summed E-state index contributed by atoms with van der Waals surface area (Å²) in [6.07, 6.45) is 1.09. The summed E-state index contributed by atoms with van der Waals surface area (Å²) in [7, 11) is 0. The molecule has 3 heteroatoms. The Kier molecular flexibility index (Phi) is 3.66. The lowest BCUT2D eigenvalue weighted by atomic mass is 9.93. The van der Waals surface area contributed by atoms with E-state index in [-0.39, 0.29) is 5.82 Å². The van der Waals surface area contributed by atoms with E-state index in [0.29, 0.717) is 11.8 Å². The maximum atomic E-state index is 13.4. The van der Waals surface area contributed by atoms with Crippen LogP contribution in [0.25, 0.3) is 0 Å². The first kappa shape index (κ1) is 13.4. The van der Waals surface area contributed by atoms with Crippen LogP contribution in [0.4, 0.5) is 15.8 Å². The third-order valence-electron chi connectivity index (χ3n) is 3.82. The van der Waals surface area contributed by atoms with Crippen molar-refractivity contribution in [2.45, 2.75) is 19.2 Å². The fraction of sp³-hybridized carbons (Fsp3) is 0.294. The van der Waals surface area contributed by atoms with Gasteiger partial charge in [-0.3, -0.25) is 0 Å². The maximum Gasteiger partial charge on any atom is 0.123 e. The van der Waals surface area contributed by atoms with Crippen molar-refractivity contribution < 1.29 is 4.39 Å². The third kappa shape index (κ3) is 2.40. The lowest BCUT2D eigenvalue weighted by Gasteiger charge is -2.36. The molecule has 0 bridgehead atoms. The van der Waals surface area contributed by atoms with Crippen LogP contribution in [0.2, 0.25) is 0 Å². The molecule has 2 aromatic carbocycles. The first-order valence-corrected chi connectivity index (χ1v) is 7.42. The Balaban J connectivity index is 2.10. The number of anilines is 2. The average Bonchev–Trinajstić information content (AvgIpc) is 2.46. The first-order chi connectivity index (χ1) is 9.69. The van der Waals surface area contributed by atoms with Gasteiger partial charge in [0.1, 0.15) is 5.82 Å². The van der Waals surface area contributed by atoms with Gasteiger partial charge in [0, 0.05) is 23.8 Å². The second-order valence-corrected chi connectivity index (χ2v) is 5.72. The van der Waals surface area contributed by atoms with Crippen LogP contribution in [-0.2, 0) is 12.3 Å². The largest absolute Gasteiger partial charge is 0.341 e.